The fourth-order valence-electron chi connectivity index (χ4n) is 2.49. The van der Waals surface area contributed by atoms with Crippen molar-refractivity contribution in [2.75, 3.05) is 7.11 Å². The van der Waals surface area contributed by atoms with Crippen molar-refractivity contribution >= 4 is 5.91 Å². The number of hydrogen-bond acceptors (Lipinski definition) is 2. The summed E-state index contributed by atoms with van der Waals surface area (Å²) in [5.41, 5.74) is 0.442. The largest absolute Gasteiger partial charge is 0.353 e. The Balaban J connectivity index is 2.32. The quantitative estimate of drug-likeness (QED) is 0.860. The van der Waals surface area contributed by atoms with Crippen molar-refractivity contribution in [1.29, 1.82) is 0 Å². The van der Waals surface area contributed by atoms with Crippen molar-refractivity contribution in [2.45, 2.75) is 25.5 Å². The van der Waals surface area contributed by atoms with Crippen molar-refractivity contribution in [3.8, 4) is 11.8 Å². The van der Waals surface area contributed by atoms with Crippen LogP contribution in [0.5, 0.6) is 0 Å². The molecular weight excluding hydrogens is 286 g/mol. The maximum Gasteiger partial charge on any atom is 0.270 e. The number of amides is 1. The van der Waals surface area contributed by atoms with Crippen LogP contribution >= 0.6 is 0 Å². The minimum atomic E-state index is -1.31. The fourth-order valence-corrected chi connectivity index (χ4v) is 2.49. The summed E-state index contributed by atoms with van der Waals surface area (Å²) in [6.07, 6.45) is 0. The zero-order chi connectivity index (χ0) is 16.7. The molecule has 23 heavy (non-hydrogen) atoms. The maximum atomic E-state index is 12.9. The molecule has 1 N–H and O–H groups in total. The van der Waals surface area contributed by atoms with Gasteiger partial charge >= 0.3 is 0 Å². The lowest BCUT2D eigenvalue weighted by Crippen LogP contribution is -2.45. The molecule has 2 rings (SSSR count). The van der Waals surface area contributed by atoms with E-state index >= 15 is 0 Å². The van der Waals surface area contributed by atoms with E-state index in [1.54, 1.807) is 6.92 Å². The van der Waals surface area contributed by atoms with Gasteiger partial charge < -0.3 is 10.1 Å². The first-order valence-electron chi connectivity index (χ1n) is 7.54. The van der Waals surface area contributed by atoms with Crippen molar-refractivity contribution in [2.24, 2.45) is 0 Å². The van der Waals surface area contributed by atoms with Crippen molar-refractivity contribution < 1.29 is 9.53 Å². The van der Waals surface area contributed by atoms with Gasteiger partial charge in [-0.2, -0.15) is 0 Å². The van der Waals surface area contributed by atoms with Crippen molar-refractivity contribution in [3.05, 3.63) is 71.8 Å². The normalized spacial score (nSPS) is 14.0. The van der Waals surface area contributed by atoms with Crippen LogP contribution in [0.15, 0.2) is 60.7 Å². The molecular formula is C20H21NO2. The SMILES string of the molecule is CC#C[C@](OC)(C(=O)N[C@@H](C)c1ccccc1)c1ccccc1. The van der Waals surface area contributed by atoms with Gasteiger partial charge in [-0.25, -0.2) is 0 Å². The first-order chi connectivity index (χ1) is 11.1. The minimum Gasteiger partial charge on any atom is -0.353 e. The maximum absolute atomic E-state index is 12.9. The Morgan fingerprint density at radius 2 is 1.65 bits per heavy atom. The number of carbonyl (C=O) groups excluding carboxylic acids is 1. The Hall–Kier alpha value is -2.57. The Kier molecular flexibility index (Phi) is 5.56. The van der Waals surface area contributed by atoms with E-state index in [0.29, 0.717) is 0 Å². The highest BCUT2D eigenvalue weighted by Crippen LogP contribution is 2.26. The first-order valence-corrected chi connectivity index (χ1v) is 7.54. The lowest BCUT2D eigenvalue weighted by Gasteiger charge is -2.28. The lowest BCUT2D eigenvalue weighted by atomic mass is 9.92. The minimum absolute atomic E-state index is 0.138. The van der Waals surface area contributed by atoms with Crippen LogP contribution in [-0.2, 0) is 15.1 Å². The lowest BCUT2D eigenvalue weighted by molar-refractivity contribution is -0.138. The standard InChI is InChI=1S/C20H21NO2/c1-4-15-20(23-3,18-13-9-6-10-14-18)19(22)21-16(2)17-11-7-5-8-12-17/h5-14,16H,1-3H3,(H,21,22)/t16-,20+/m0/s1. The summed E-state index contributed by atoms with van der Waals surface area (Å²) < 4.78 is 5.58. The summed E-state index contributed by atoms with van der Waals surface area (Å²) in [5.74, 6) is 5.48. The zero-order valence-corrected chi connectivity index (χ0v) is 13.7. The van der Waals surface area contributed by atoms with Gasteiger partial charge in [0.05, 0.1) is 6.04 Å². The number of rotatable bonds is 5. The number of benzene rings is 2. The van der Waals surface area contributed by atoms with Crippen LogP contribution in [0.4, 0.5) is 0 Å². The Morgan fingerprint density at radius 3 is 2.17 bits per heavy atom. The smallest absolute Gasteiger partial charge is 0.270 e. The molecule has 118 valence electrons. The number of ether oxygens (including phenoxy) is 1. The predicted octanol–water partition coefficient (Wildman–Crippen LogP) is 3.43. The number of hydrogen-bond donors (Lipinski definition) is 1. The highest BCUT2D eigenvalue weighted by molar-refractivity contribution is 5.90. The van der Waals surface area contributed by atoms with Crippen LogP contribution in [0.1, 0.15) is 31.0 Å². The molecule has 0 radical (unpaired) electrons. The van der Waals surface area contributed by atoms with Crippen LogP contribution in [0.25, 0.3) is 0 Å². The summed E-state index contributed by atoms with van der Waals surface area (Å²) in [5, 5.41) is 3.00. The molecule has 0 saturated heterocycles. The molecule has 2 aromatic carbocycles. The Bertz CT molecular complexity index is 701. The van der Waals surface area contributed by atoms with Crippen LogP contribution in [0.3, 0.4) is 0 Å². The third-order valence-corrected chi connectivity index (χ3v) is 3.75. The van der Waals surface area contributed by atoms with E-state index in [-0.39, 0.29) is 11.9 Å². The molecule has 3 heteroatoms. The molecule has 3 nitrogen and oxygen atoms in total. The molecule has 0 aliphatic carbocycles. The molecule has 2 aromatic rings. The predicted molar refractivity (Wildman–Crippen MR) is 91.6 cm³/mol. The average molecular weight is 307 g/mol. The molecule has 2 atom stereocenters. The van der Waals surface area contributed by atoms with E-state index in [4.69, 9.17) is 4.74 Å². The van der Waals surface area contributed by atoms with E-state index < -0.39 is 5.60 Å². The van der Waals surface area contributed by atoms with Gasteiger partial charge in [-0.3, -0.25) is 4.79 Å². The average Bonchev–Trinajstić information content (AvgIpc) is 2.61. The van der Waals surface area contributed by atoms with E-state index in [2.05, 4.69) is 17.2 Å². The summed E-state index contributed by atoms with van der Waals surface area (Å²) in [6, 6.07) is 19.0. The summed E-state index contributed by atoms with van der Waals surface area (Å²) in [6.45, 7) is 3.64. The number of nitrogens with one attached hydrogen (secondary N) is 1. The van der Waals surface area contributed by atoms with Gasteiger partial charge in [0.1, 0.15) is 0 Å². The molecule has 0 fully saturated rings. The monoisotopic (exact) mass is 307 g/mol. The van der Waals surface area contributed by atoms with Crippen molar-refractivity contribution in [3.63, 3.8) is 0 Å². The Morgan fingerprint density at radius 1 is 1.09 bits per heavy atom. The number of methoxy groups -OCH3 is 1. The summed E-state index contributed by atoms with van der Waals surface area (Å²) >= 11 is 0. The van der Waals surface area contributed by atoms with Gasteiger partial charge in [0.2, 0.25) is 5.60 Å². The van der Waals surface area contributed by atoms with Crippen molar-refractivity contribution in [1.82, 2.24) is 5.32 Å². The van der Waals surface area contributed by atoms with Gasteiger partial charge in [0, 0.05) is 12.7 Å². The number of carbonyl (C=O) groups is 1. The first kappa shape index (κ1) is 16.8. The fraction of sp³-hybridized carbons (Fsp3) is 0.250. The summed E-state index contributed by atoms with van der Waals surface area (Å²) in [7, 11) is 1.50. The van der Waals surface area contributed by atoms with Crippen LogP contribution in [0, 0.1) is 11.8 Å². The second kappa shape index (κ2) is 7.62. The molecule has 0 unspecified atom stereocenters. The summed E-state index contributed by atoms with van der Waals surface area (Å²) in [4.78, 5) is 12.9. The second-order valence-corrected chi connectivity index (χ2v) is 5.23. The Labute approximate surface area is 137 Å². The molecule has 0 aliphatic rings. The molecule has 0 saturated carbocycles. The van der Waals surface area contributed by atoms with E-state index in [0.717, 1.165) is 11.1 Å². The van der Waals surface area contributed by atoms with E-state index in [1.165, 1.54) is 7.11 Å². The highest BCUT2D eigenvalue weighted by atomic mass is 16.5. The third-order valence-electron chi connectivity index (χ3n) is 3.75. The van der Waals surface area contributed by atoms with Gasteiger partial charge in [0.15, 0.2) is 0 Å². The van der Waals surface area contributed by atoms with Gasteiger partial charge in [-0.1, -0.05) is 66.6 Å². The van der Waals surface area contributed by atoms with Crippen LogP contribution < -0.4 is 5.32 Å². The molecule has 1 amide bonds. The van der Waals surface area contributed by atoms with Gasteiger partial charge in [-0.15, -0.1) is 5.92 Å². The topological polar surface area (TPSA) is 38.3 Å². The zero-order valence-electron chi connectivity index (χ0n) is 13.7. The van der Waals surface area contributed by atoms with Crippen LogP contribution in [0.2, 0.25) is 0 Å². The van der Waals surface area contributed by atoms with Gasteiger partial charge in [0.25, 0.3) is 5.91 Å². The second-order valence-electron chi connectivity index (χ2n) is 5.23. The molecule has 0 spiro atoms. The third kappa shape index (κ3) is 3.61. The van der Waals surface area contributed by atoms with E-state index in [1.807, 2.05) is 67.6 Å². The highest BCUT2D eigenvalue weighted by Gasteiger charge is 2.39. The molecule has 0 aliphatic heterocycles. The van der Waals surface area contributed by atoms with Crippen LogP contribution in [-0.4, -0.2) is 13.0 Å². The molecule has 0 aromatic heterocycles. The van der Waals surface area contributed by atoms with Gasteiger partial charge in [-0.05, 0) is 19.4 Å². The van der Waals surface area contributed by atoms with E-state index in [9.17, 15) is 4.79 Å². The molecule has 0 heterocycles. The molecule has 0 bridgehead atoms.